The third-order valence-corrected chi connectivity index (χ3v) is 5.04. The Morgan fingerprint density at radius 1 is 1.00 bits per heavy atom. The van der Waals surface area contributed by atoms with E-state index in [0.717, 1.165) is 55.5 Å². The molecular formula is C23H31N3O3. The lowest BCUT2D eigenvalue weighted by Gasteiger charge is -2.21. The van der Waals surface area contributed by atoms with E-state index in [-0.39, 0.29) is 5.69 Å². The fraction of sp³-hybridized carbons (Fsp3) is 0.435. The average Bonchev–Trinajstić information content (AvgIpc) is 3.07. The van der Waals surface area contributed by atoms with Gasteiger partial charge in [0.05, 0.1) is 7.11 Å². The van der Waals surface area contributed by atoms with E-state index in [2.05, 4.69) is 23.7 Å². The number of ether oxygens (including phenoxy) is 1. The van der Waals surface area contributed by atoms with Crippen molar-refractivity contribution in [3.63, 3.8) is 0 Å². The predicted molar refractivity (Wildman–Crippen MR) is 117 cm³/mol. The zero-order valence-electron chi connectivity index (χ0n) is 17.6. The molecule has 3 rings (SSSR count). The number of H-pyrrole nitrogens is 1. The molecule has 1 N–H and O–H groups in total. The van der Waals surface area contributed by atoms with Crippen LogP contribution in [0.1, 0.15) is 37.8 Å². The Morgan fingerprint density at radius 2 is 1.72 bits per heavy atom. The fourth-order valence-electron chi connectivity index (χ4n) is 3.68. The number of aromatic amines is 1. The summed E-state index contributed by atoms with van der Waals surface area (Å²) in [4.78, 5) is 23.9. The molecule has 0 radical (unpaired) electrons. The van der Waals surface area contributed by atoms with Crippen molar-refractivity contribution in [3.05, 3.63) is 64.1 Å². The fourth-order valence-corrected chi connectivity index (χ4v) is 3.68. The van der Waals surface area contributed by atoms with Crippen LogP contribution in [0.15, 0.2) is 47.3 Å². The largest absolute Gasteiger partial charge is 0.494 e. The maximum Gasteiger partial charge on any atom is 0.359 e. The van der Waals surface area contributed by atoms with Crippen molar-refractivity contribution in [1.29, 1.82) is 0 Å². The molecule has 6 nitrogen and oxygen atoms in total. The van der Waals surface area contributed by atoms with Crippen molar-refractivity contribution >= 4 is 11.0 Å². The van der Waals surface area contributed by atoms with Crippen molar-refractivity contribution in [2.75, 3.05) is 26.7 Å². The zero-order valence-corrected chi connectivity index (χ0v) is 17.6. The van der Waals surface area contributed by atoms with Crippen LogP contribution in [0.25, 0.3) is 11.0 Å². The van der Waals surface area contributed by atoms with Crippen LogP contribution in [0.5, 0.6) is 5.75 Å². The minimum atomic E-state index is -0.291. The van der Waals surface area contributed by atoms with Gasteiger partial charge in [-0.1, -0.05) is 50.2 Å². The average molecular weight is 398 g/mol. The molecule has 6 heteroatoms. The highest BCUT2D eigenvalue weighted by Gasteiger charge is 2.17. The second-order valence-corrected chi connectivity index (χ2v) is 7.23. The van der Waals surface area contributed by atoms with Gasteiger partial charge in [0.1, 0.15) is 23.4 Å². The van der Waals surface area contributed by atoms with Gasteiger partial charge in [0.2, 0.25) is 0 Å². The topological polar surface area (TPSA) is 59.5 Å². The smallest absolute Gasteiger partial charge is 0.359 e. The summed E-state index contributed by atoms with van der Waals surface area (Å²) in [6.07, 6.45) is 3.10. The van der Waals surface area contributed by atoms with Crippen molar-refractivity contribution in [2.24, 2.45) is 0 Å². The Balaban J connectivity index is 1.91. The van der Waals surface area contributed by atoms with E-state index in [1.54, 1.807) is 7.11 Å². The molecule has 0 fully saturated rings. The first-order valence-electron chi connectivity index (χ1n) is 10.4. The normalized spacial score (nSPS) is 11.3. The lowest BCUT2D eigenvalue weighted by atomic mass is 10.1. The number of benzene rings is 2. The molecule has 29 heavy (non-hydrogen) atoms. The third-order valence-electron chi connectivity index (χ3n) is 5.04. The predicted octanol–water partition coefficient (Wildman–Crippen LogP) is 3.63. The minimum Gasteiger partial charge on any atom is -0.494 e. The summed E-state index contributed by atoms with van der Waals surface area (Å²) in [5.74, 6) is 0.641. The lowest BCUT2D eigenvalue weighted by molar-refractivity contribution is 0.0986. The number of aromatic nitrogens is 2. The Bertz CT molecular complexity index is 957. The summed E-state index contributed by atoms with van der Waals surface area (Å²) in [6.45, 7) is 7.84. The van der Waals surface area contributed by atoms with Gasteiger partial charge in [-0.3, -0.25) is 4.98 Å². The highest BCUT2D eigenvalue weighted by Crippen LogP contribution is 2.26. The van der Waals surface area contributed by atoms with Gasteiger partial charge in [0.15, 0.2) is 0 Å². The van der Waals surface area contributed by atoms with Gasteiger partial charge in [-0.05, 0) is 49.5 Å². The Morgan fingerprint density at radius 3 is 2.38 bits per heavy atom. The van der Waals surface area contributed by atoms with Crippen LogP contribution in [0, 0.1) is 0 Å². The lowest BCUT2D eigenvalue weighted by Crippen LogP contribution is -2.28. The van der Waals surface area contributed by atoms with Gasteiger partial charge in [-0.2, -0.15) is 0 Å². The Labute approximate surface area is 172 Å². The first kappa shape index (κ1) is 21.0. The van der Waals surface area contributed by atoms with Crippen LogP contribution in [-0.4, -0.2) is 41.4 Å². The standard InChI is InChI=1S/C23H31N3O3/c1-4-14-25(15-5-2)16-13-19-11-12-20(28-3)21-22(19)26(23(27)24-21)29-17-18-9-7-6-8-10-18/h6-12H,4-5,13-17H2,1-3H3,(H,24,27). The monoisotopic (exact) mass is 397 g/mol. The highest BCUT2D eigenvalue weighted by molar-refractivity contribution is 5.84. The molecule has 2 aromatic carbocycles. The molecule has 0 atom stereocenters. The van der Waals surface area contributed by atoms with Crippen LogP contribution >= 0.6 is 0 Å². The molecule has 0 bridgehead atoms. The van der Waals surface area contributed by atoms with E-state index < -0.39 is 0 Å². The summed E-state index contributed by atoms with van der Waals surface area (Å²) in [6, 6.07) is 13.8. The van der Waals surface area contributed by atoms with E-state index >= 15 is 0 Å². The Hall–Kier alpha value is -2.73. The van der Waals surface area contributed by atoms with Crippen LogP contribution in [0.4, 0.5) is 0 Å². The molecule has 0 saturated carbocycles. The second kappa shape index (κ2) is 10.2. The van der Waals surface area contributed by atoms with E-state index in [1.807, 2.05) is 42.5 Å². The van der Waals surface area contributed by atoms with Gasteiger partial charge >= 0.3 is 5.69 Å². The number of nitrogens with zero attached hydrogens (tertiary/aromatic N) is 2. The van der Waals surface area contributed by atoms with Crippen LogP contribution in [-0.2, 0) is 13.0 Å². The number of rotatable bonds is 11. The minimum absolute atomic E-state index is 0.291. The van der Waals surface area contributed by atoms with Gasteiger partial charge in [0, 0.05) is 6.54 Å². The molecule has 0 unspecified atom stereocenters. The highest BCUT2D eigenvalue weighted by atomic mass is 16.7. The van der Waals surface area contributed by atoms with Crippen molar-refractivity contribution < 1.29 is 9.57 Å². The molecule has 0 aliphatic heterocycles. The van der Waals surface area contributed by atoms with Gasteiger partial charge < -0.3 is 14.5 Å². The van der Waals surface area contributed by atoms with E-state index in [4.69, 9.17) is 9.57 Å². The summed E-state index contributed by atoms with van der Waals surface area (Å²) in [5, 5.41) is 0. The number of methoxy groups -OCH3 is 1. The van der Waals surface area contributed by atoms with E-state index in [9.17, 15) is 4.79 Å². The maximum atomic E-state index is 12.6. The van der Waals surface area contributed by atoms with Crippen molar-refractivity contribution in [1.82, 2.24) is 14.6 Å². The summed E-state index contributed by atoms with van der Waals surface area (Å²) >= 11 is 0. The van der Waals surface area contributed by atoms with Gasteiger partial charge in [0.25, 0.3) is 0 Å². The molecule has 0 amide bonds. The number of hydrogen-bond acceptors (Lipinski definition) is 4. The van der Waals surface area contributed by atoms with Crippen LogP contribution in [0.3, 0.4) is 0 Å². The van der Waals surface area contributed by atoms with Gasteiger partial charge in [-0.15, -0.1) is 4.73 Å². The van der Waals surface area contributed by atoms with Gasteiger partial charge in [-0.25, -0.2) is 4.79 Å². The molecule has 0 spiro atoms. The van der Waals surface area contributed by atoms with Crippen molar-refractivity contribution in [2.45, 2.75) is 39.7 Å². The summed E-state index contributed by atoms with van der Waals surface area (Å²) in [5.41, 5.74) is 3.24. The molecule has 0 aliphatic rings. The van der Waals surface area contributed by atoms with E-state index in [0.29, 0.717) is 17.9 Å². The van der Waals surface area contributed by atoms with E-state index in [1.165, 1.54) is 4.73 Å². The first-order valence-corrected chi connectivity index (χ1v) is 10.4. The molecule has 1 aromatic heterocycles. The Kier molecular flexibility index (Phi) is 7.36. The molecular weight excluding hydrogens is 366 g/mol. The van der Waals surface area contributed by atoms with Crippen LogP contribution in [0.2, 0.25) is 0 Å². The van der Waals surface area contributed by atoms with Crippen LogP contribution < -0.4 is 15.3 Å². The molecule has 156 valence electrons. The number of imidazole rings is 1. The molecule has 3 aromatic rings. The number of nitrogens with one attached hydrogen (secondary N) is 1. The molecule has 0 saturated heterocycles. The number of hydrogen-bond donors (Lipinski definition) is 1. The SMILES string of the molecule is CCCN(CCC)CCc1ccc(OC)c2[nH]c(=O)n(OCc3ccccc3)c12. The maximum absolute atomic E-state index is 12.6. The van der Waals surface area contributed by atoms with Crippen molar-refractivity contribution in [3.8, 4) is 5.75 Å². The second-order valence-electron chi connectivity index (χ2n) is 7.23. The molecule has 0 aliphatic carbocycles. The number of fused-ring (bicyclic) bond motifs is 1. The zero-order chi connectivity index (χ0) is 20.6. The molecule has 1 heterocycles. The summed E-state index contributed by atoms with van der Waals surface area (Å²) in [7, 11) is 1.61. The summed E-state index contributed by atoms with van der Waals surface area (Å²) < 4.78 is 6.85. The first-order chi connectivity index (χ1) is 14.2. The third kappa shape index (κ3) is 5.01. The quantitative estimate of drug-likeness (QED) is 0.537.